The molecule has 0 heterocycles. The lowest BCUT2D eigenvalue weighted by Gasteiger charge is -2.21. The summed E-state index contributed by atoms with van der Waals surface area (Å²) in [6.45, 7) is 11.8. The van der Waals surface area contributed by atoms with E-state index in [1.54, 1.807) is 41.5 Å². The number of ether oxygens (including phenoxy) is 6. The summed E-state index contributed by atoms with van der Waals surface area (Å²) in [5.41, 5.74) is -2.33. The highest BCUT2D eigenvalue weighted by Gasteiger charge is 2.50. The number of hydrogen-bond donors (Lipinski definition) is 0. The van der Waals surface area contributed by atoms with Gasteiger partial charge in [0.05, 0.1) is 29.5 Å². The van der Waals surface area contributed by atoms with Gasteiger partial charge in [-0.25, -0.2) is 39.6 Å². The fraction of sp³-hybridized carbons (Fsp3) is 0.806. The Morgan fingerprint density at radius 2 is 0.590 bits per heavy atom. The van der Waals surface area contributed by atoms with Gasteiger partial charge in [-0.05, 0) is 73.6 Å². The predicted molar refractivity (Wildman–Crippen MR) is 186 cm³/mol. The average molecular weight is 966 g/mol. The summed E-state index contributed by atoms with van der Waals surface area (Å²) in [4.78, 5) is 66.5. The fourth-order valence-electron chi connectivity index (χ4n) is 2.52. The Morgan fingerprint density at radius 3 is 0.852 bits per heavy atom. The van der Waals surface area contributed by atoms with Crippen LogP contribution in [0.5, 0.6) is 0 Å². The van der Waals surface area contributed by atoms with E-state index in [2.05, 4.69) is 23.7 Å². The molecule has 0 fully saturated rings. The molecule has 0 aromatic rings. The molecule has 0 aromatic carbocycles. The molecule has 0 rings (SSSR count). The molecule has 0 spiro atoms. The summed E-state index contributed by atoms with van der Waals surface area (Å²) in [6, 6.07) is 0. The standard InChI is InChI=1S/C12H20F2O7S.C10H16F2O7S.C9H14F2O7S/c1-4-11(2,3)9(15)20-7-5-6-8-21-10(16)12(13,14)22(17,18)19;1-4-9(2,3)7(13)18-5-6-19-8(14)10(11,12)20(15,16)17;1-4-8(2,3)6(12)17-5-18-7(13)9(10,11)19(14,15)16/h4-8H2,1-3H3,(H,17,18,19);4-6H2,1-3H3,(H,15,16,17);4-5H2,1-3H3,(H,14,15,16)/p-3. The quantitative estimate of drug-likeness (QED) is 0.0376. The van der Waals surface area contributed by atoms with Crippen molar-refractivity contribution in [3.8, 4) is 0 Å². The van der Waals surface area contributed by atoms with E-state index >= 15 is 0 Å². The van der Waals surface area contributed by atoms with Gasteiger partial charge in [0.15, 0.2) is 30.4 Å². The number of halogens is 6. The summed E-state index contributed by atoms with van der Waals surface area (Å²) < 4.78 is 193. The molecule has 0 N–H and O–H groups in total. The molecule has 0 aliphatic rings. The molecule has 0 aromatic heterocycles. The molecule has 0 aliphatic heterocycles. The molecule has 0 atom stereocenters. The molecule has 0 bridgehead atoms. The van der Waals surface area contributed by atoms with Gasteiger partial charge in [0.1, 0.15) is 13.2 Å². The van der Waals surface area contributed by atoms with Crippen LogP contribution in [0, 0.1) is 16.2 Å². The Balaban J connectivity index is -0.000000830. The summed E-state index contributed by atoms with van der Waals surface area (Å²) in [6.07, 6.45) is 1.74. The van der Waals surface area contributed by atoms with Gasteiger partial charge in [-0.2, -0.15) is 26.3 Å². The highest BCUT2D eigenvalue weighted by molar-refractivity contribution is 7.88. The summed E-state index contributed by atoms with van der Waals surface area (Å²) in [7, 11) is -18.4. The number of carbonyl (C=O) groups excluding carboxylic acids is 6. The third-order valence-electron chi connectivity index (χ3n) is 7.90. The first-order valence-corrected chi connectivity index (χ1v) is 21.3. The van der Waals surface area contributed by atoms with E-state index in [1.807, 2.05) is 6.92 Å². The average Bonchev–Trinajstić information content (AvgIpc) is 3.12. The maximum Gasteiger partial charge on any atom is 0.429 e. The Kier molecular flexibility index (Phi) is 24.3. The van der Waals surface area contributed by atoms with Gasteiger partial charge < -0.3 is 42.1 Å². The predicted octanol–water partition coefficient (Wildman–Crippen LogP) is 2.68. The second-order valence-corrected chi connectivity index (χ2v) is 18.1. The first-order valence-electron chi connectivity index (χ1n) is 17.1. The minimum atomic E-state index is -6.18. The number of esters is 6. The van der Waals surface area contributed by atoms with E-state index in [0.717, 1.165) is 0 Å². The van der Waals surface area contributed by atoms with E-state index in [4.69, 9.17) is 4.74 Å². The van der Waals surface area contributed by atoms with Crippen molar-refractivity contribution >= 4 is 66.2 Å². The minimum Gasteiger partial charge on any atom is -0.743 e. The molecule has 21 nitrogen and oxygen atoms in total. The largest absolute Gasteiger partial charge is 0.743 e. The lowest BCUT2D eigenvalue weighted by Crippen LogP contribution is -2.39. The Labute approximate surface area is 347 Å². The fourth-order valence-corrected chi connectivity index (χ4v) is 3.31. The van der Waals surface area contributed by atoms with Crippen LogP contribution in [0.2, 0.25) is 0 Å². The van der Waals surface area contributed by atoms with Crippen molar-refractivity contribution in [2.45, 2.75) is 110 Å². The second-order valence-electron chi connectivity index (χ2n) is 13.9. The zero-order valence-electron chi connectivity index (χ0n) is 34.1. The van der Waals surface area contributed by atoms with Crippen molar-refractivity contribution in [2.24, 2.45) is 16.2 Å². The third kappa shape index (κ3) is 20.2. The molecule has 0 radical (unpaired) electrons. The van der Waals surface area contributed by atoms with Gasteiger partial charge in [0.25, 0.3) is 0 Å². The Bertz CT molecular complexity index is 1850. The van der Waals surface area contributed by atoms with Gasteiger partial charge in [0, 0.05) is 0 Å². The maximum absolute atomic E-state index is 12.7. The van der Waals surface area contributed by atoms with Crippen LogP contribution in [-0.2, 0) is 87.5 Å². The van der Waals surface area contributed by atoms with Crippen LogP contribution in [0.1, 0.15) is 94.4 Å². The molecule has 61 heavy (non-hydrogen) atoms. The SMILES string of the molecule is CCC(C)(C)C(=O)OCCCCOC(=O)C(F)(F)S(=O)(=O)[O-].CCC(C)(C)C(=O)OCCOC(=O)C(F)(F)S(=O)(=O)[O-].CCC(C)(C)C(=O)OCOC(=O)C(F)(F)S(=O)(=O)[O-]. The number of hydrogen-bond acceptors (Lipinski definition) is 21. The number of unbranched alkanes of at least 4 members (excludes halogenated alkanes) is 1. The zero-order chi connectivity index (χ0) is 49.3. The summed E-state index contributed by atoms with van der Waals surface area (Å²) in [5.74, 6) is -9.36. The van der Waals surface area contributed by atoms with Crippen LogP contribution >= 0.6 is 0 Å². The lowest BCUT2D eigenvalue weighted by molar-refractivity contribution is -0.183. The zero-order valence-corrected chi connectivity index (χ0v) is 36.6. The number of carbonyl (C=O) groups is 6. The molecule has 0 aliphatic carbocycles. The normalized spacial score (nSPS) is 12.9. The van der Waals surface area contributed by atoms with E-state index in [9.17, 15) is 94.0 Å². The van der Waals surface area contributed by atoms with Crippen LogP contribution in [0.3, 0.4) is 0 Å². The van der Waals surface area contributed by atoms with Crippen LogP contribution in [0.25, 0.3) is 0 Å². The van der Waals surface area contributed by atoms with E-state index < -0.39 is 125 Å². The monoisotopic (exact) mass is 965 g/mol. The van der Waals surface area contributed by atoms with Crippen molar-refractivity contribution in [1.82, 2.24) is 0 Å². The summed E-state index contributed by atoms with van der Waals surface area (Å²) in [5, 5.41) is -15.5. The third-order valence-corrected chi connectivity index (χ3v) is 10.3. The smallest absolute Gasteiger partial charge is 0.429 e. The van der Waals surface area contributed by atoms with Crippen molar-refractivity contribution in [3.05, 3.63) is 0 Å². The Morgan fingerprint density at radius 1 is 0.393 bits per heavy atom. The molecule has 0 saturated heterocycles. The topological polar surface area (TPSA) is 329 Å². The van der Waals surface area contributed by atoms with Crippen molar-refractivity contribution in [2.75, 3.05) is 33.2 Å². The molecule has 360 valence electrons. The van der Waals surface area contributed by atoms with Crippen molar-refractivity contribution in [3.63, 3.8) is 0 Å². The van der Waals surface area contributed by atoms with E-state index in [-0.39, 0.29) is 19.4 Å². The molecular weight excluding hydrogens is 919 g/mol. The molecule has 0 unspecified atom stereocenters. The van der Waals surface area contributed by atoms with Crippen LogP contribution in [-0.4, -0.2) is 124 Å². The number of rotatable bonds is 22. The van der Waals surface area contributed by atoms with Gasteiger partial charge in [0.2, 0.25) is 6.79 Å². The second kappa shape index (κ2) is 24.1. The first-order chi connectivity index (χ1) is 27.1. The van der Waals surface area contributed by atoms with E-state index in [1.165, 1.54) is 13.8 Å². The van der Waals surface area contributed by atoms with Crippen LogP contribution in [0.15, 0.2) is 0 Å². The van der Waals surface area contributed by atoms with Gasteiger partial charge in [-0.3, -0.25) is 14.4 Å². The van der Waals surface area contributed by atoms with Crippen LogP contribution < -0.4 is 0 Å². The maximum atomic E-state index is 12.7. The van der Waals surface area contributed by atoms with Gasteiger partial charge in [-0.15, -0.1) is 0 Å². The van der Waals surface area contributed by atoms with Gasteiger partial charge >= 0.3 is 51.6 Å². The Hall–Kier alpha value is -3.87. The van der Waals surface area contributed by atoms with Crippen LogP contribution in [0.4, 0.5) is 26.3 Å². The van der Waals surface area contributed by atoms with Crippen molar-refractivity contribution in [1.29, 1.82) is 0 Å². The first kappa shape index (κ1) is 61.4. The van der Waals surface area contributed by atoms with Gasteiger partial charge in [-0.1, -0.05) is 20.8 Å². The molecule has 0 amide bonds. The highest BCUT2D eigenvalue weighted by atomic mass is 32.2. The lowest BCUT2D eigenvalue weighted by atomic mass is 9.91. The summed E-state index contributed by atoms with van der Waals surface area (Å²) >= 11 is 0. The minimum absolute atomic E-state index is 0.00998. The molecule has 0 saturated carbocycles. The molecular formula is C31H47F6O21S3-3. The highest BCUT2D eigenvalue weighted by Crippen LogP contribution is 2.26. The number of alkyl halides is 6. The van der Waals surface area contributed by atoms with Crippen molar-refractivity contribution < 1.29 is 122 Å². The van der Waals surface area contributed by atoms with E-state index in [0.29, 0.717) is 19.3 Å². The molecule has 30 heteroatoms.